The van der Waals surface area contributed by atoms with Crippen LogP contribution in [0.3, 0.4) is 0 Å². The quantitative estimate of drug-likeness (QED) is 0.427. The molecular formula is C28H33NO4S. The third-order valence-electron chi connectivity index (χ3n) is 5.99. The van der Waals surface area contributed by atoms with Gasteiger partial charge >= 0.3 is 0 Å². The highest BCUT2D eigenvalue weighted by molar-refractivity contribution is 7.99. The second-order valence-corrected chi connectivity index (χ2v) is 9.79. The van der Waals surface area contributed by atoms with Crippen LogP contribution >= 0.6 is 11.8 Å². The predicted octanol–water partition coefficient (Wildman–Crippen LogP) is 5.93. The minimum atomic E-state index is 0.0437. The molecule has 2 N–H and O–H groups in total. The van der Waals surface area contributed by atoms with E-state index in [4.69, 9.17) is 14.6 Å². The Hall–Kier alpha value is -2.67. The van der Waals surface area contributed by atoms with Crippen molar-refractivity contribution in [2.45, 2.75) is 37.4 Å². The molecule has 0 aliphatic carbocycles. The number of phenols is 2. The number of benzene rings is 3. The fourth-order valence-corrected chi connectivity index (χ4v) is 5.04. The number of likely N-dealkylation sites (tertiary alicyclic amines) is 1. The predicted molar refractivity (Wildman–Crippen MR) is 137 cm³/mol. The van der Waals surface area contributed by atoms with Gasteiger partial charge in [0.25, 0.3) is 0 Å². The van der Waals surface area contributed by atoms with Crippen molar-refractivity contribution in [3.05, 3.63) is 83.4 Å². The van der Waals surface area contributed by atoms with E-state index in [1.807, 2.05) is 25.1 Å². The highest BCUT2D eigenvalue weighted by Crippen LogP contribution is 2.41. The average molecular weight is 480 g/mol. The van der Waals surface area contributed by atoms with Crippen molar-refractivity contribution in [1.29, 1.82) is 0 Å². The van der Waals surface area contributed by atoms with Crippen LogP contribution in [0.5, 0.6) is 17.2 Å². The van der Waals surface area contributed by atoms with E-state index in [0.29, 0.717) is 12.4 Å². The second kappa shape index (κ2) is 12.2. The summed E-state index contributed by atoms with van der Waals surface area (Å²) in [6, 6.07) is 20.9. The fourth-order valence-electron chi connectivity index (χ4n) is 3.99. The van der Waals surface area contributed by atoms with Crippen molar-refractivity contribution in [3.8, 4) is 17.2 Å². The van der Waals surface area contributed by atoms with Crippen molar-refractivity contribution in [1.82, 2.24) is 4.90 Å². The molecule has 0 radical (unpaired) electrons. The molecule has 2 heterocycles. The van der Waals surface area contributed by atoms with Crippen LogP contribution in [0.2, 0.25) is 0 Å². The van der Waals surface area contributed by atoms with Gasteiger partial charge in [0.1, 0.15) is 23.4 Å². The molecule has 2 aliphatic heterocycles. The van der Waals surface area contributed by atoms with Crippen LogP contribution in [-0.4, -0.2) is 47.1 Å². The number of phenolic OH excluding ortho intramolecular Hbond substituents is 2. The highest BCUT2D eigenvalue weighted by Gasteiger charge is 2.22. The van der Waals surface area contributed by atoms with Gasteiger partial charge in [-0.25, -0.2) is 0 Å². The van der Waals surface area contributed by atoms with Crippen LogP contribution in [0.1, 0.15) is 35.6 Å². The number of nitrogens with zero attached hydrogens (tertiary/aromatic N) is 1. The van der Waals surface area contributed by atoms with Gasteiger partial charge in [-0.1, -0.05) is 42.0 Å². The molecule has 3 aromatic carbocycles. The molecule has 6 heteroatoms. The maximum atomic E-state index is 9.57. The molecule has 1 atom stereocenters. The van der Waals surface area contributed by atoms with Crippen LogP contribution in [0.25, 0.3) is 0 Å². The summed E-state index contributed by atoms with van der Waals surface area (Å²) in [4.78, 5) is 3.47. The Morgan fingerprint density at radius 3 is 2.35 bits per heavy atom. The van der Waals surface area contributed by atoms with Gasteiger partial charge in [0.15, 0.2) is 0 Å². The summed E-state index contributed by atoms with van der Waals surface area (Å²) in [6.45, 7) is 6.93. The molecule has 0 spiro atoms. The second-order valence-electron chi connectivity index (χ2n) is 8.73. The Labute approximate surface area is 206 Å². The fraction of sp³-hybridized carbons (Fsp3) is 0.357. The number of thioether (sulfide) groups is 1. The molecule has 3 aromatic rings. The van der Waals surface area contributed by atoms with Crippen LogP contribution in [0.4, 0.5) is 0 Å². The molecule has 0 unspecified atom stereocenters. The monoisotopic (exact) mass is 479 g/mol. The number of fused-ring (bicyclic) bond motifs is 1. The van der Waals surface area contributed by atoms with Gasteiger partial charge in [-0.05, 0) is 74.3 Å². The van der Waals surface area contributed by atoms with Crippen molar-refractivity contribution >= 4 is 11.8 Å². The van der Waals surface area contributed by atoms with Crippen molar-refractivity contribution in [3.63, 3.8) is 0 Å². The van der Waals surface area contributed by atoms with E-state index in [9.17, 15) is 5.11 Å². The molecule has 2 aliphatic rings. The Balaban J connectivity index is 0.000000291. The normalized spacial score (nSPS) is 17.4. The van der Waals surface area contributed by atoms with Gasteiger partial charge < -0.3 is 24.6 Å². The smallest absolute Gasteiger partial charge is 0.134 e. The molecule has 1 saturated heterocycles. The molecule has 180 valence electrons. The molecular weight excluding hydrogens is 446 g/mol. The van der Waals surface area contributed by atoms with Crippen LogP contribution in [0, 0.1) is 6.92 Å². The SMILES string of the molecule is Cc1ccc(O)cc1.Oc1ccc2c(c1)SC[C@H](c1ccc(COCCN3CCCC3)cc1)O2. The van der Waals surface area contributed by atoms with Crippen LogP contribution in [0.15, 0.2) is 71.6 Å². The summed E-state index contributed by atoms with van der Waals surface area (Å²) in [7, 11) is 0. The van der Waals surface area contributed by atoms with E-state index in [2.05, 4.69) is 29.2 Å². The highest BCUT2D eigenvalue weighted by atomic mass is 32.2. The topological polar surface area (TPSA) is 62.2 Å². The van der Waals surface area contributed by atoms with E-state index in [-0.39, 0.29) is 11.9 Å². The van der Waals surface area contributed by atoms with E-state index in [1.165, 1.54) is 42.6 Å². The Kier molecular flexibility index (Phi) is 8.74. The maximum Gasteiger partial charge on any atom is 0.134 e. The molecule has 1 fully saturated rings. The van der Waals surface area contributed by atoms with E-state index >= 15 is 0 Å². The summed E-state index contributed by atoms with van der Waals surface area (Å²) >= 11 is 1.72. The maximum absolute atomic E-state index is 9.57. The van der Waals surface area contributed by atoms with E-state index < -0.39 is 0 Å². The minimum Gasteiger partial charge on any atom is -0.508 e. The van der Waals surface area contributed by atoms with Gasteiger partial charge in [-0.15, -0.1) is 11.8 Å². The number of rotatable bonds is 6. The van der Waals surface area contributed by atoms with Gasteiger partial charge in [0.2, 0.25) is 0 Å². The first-order valence-electron chi connectivity index (χ1n) is 11.8. The standard InChI is InChI=1S/C21H25NO3S.C7H8O/c23-18-7-8-19-21(13-18)26-15-20(25-19)17-5-3-16(4-6-17)14-24-12-11-22-9-1-2-10-22;1-6-2-4-7(8)5-3-6/h3-8,13,20,23H,1-2,9-12,14-15H2;2-5,8H,1H3/t20-;/m1./s1. The summed E-state index contributed by atoms with van der Waals surface area (Å²) in [5, 5.41) is 18.3. The molecule has 5 nitrogen and oxygen atoms in total. The molecule has 5 rings (SSSR count). The lowest BCUT2D eigenvalue weighted by molar-refractivity contribution is 0.0992. The number of aryl methyl sites for hydroxylation is 1. The molecule has 0 amide bonds. The first kappa shape index (κ1) is 24.5. The van der Waals surface area contributed by atoms with Gasteiger partial charge in [-0.3, -0.25) is 0 Å². The first-order valence-corrected chi connectivity index (χ1v) is 12.8. The van der Waals surface area contributed by atoms with Gasteiger partial charge in [0.05, 0.1) is 18.1 Å². The largest absolute Gasteiger partial charge is 0.508 e. The van der Waals surface area contributed by atoms with Crippen molar-refractivity contribution < 1.29 is 19.7 Å². The third kappa shape index (κ3) is 7.16. The Bertz CT molecular complexity index is 1010. The minimum absolute atomic E-state index is 0.0437. The lowest BCUT2D eigenvalue weighted by Crippen LogP contribution is -2.23. The molecule has 34 heavy (non-hydrogen) atoms. The number of ether oxygens (including phenoxy) is 2. The van der Waals surface area contributed by atoms with Gasteiger partial charge in [-0.2, -0.15) is 0 Å². The van der Waals surface area contributed by atoms with Crippen LogP contribution < -0.4 is 4.74 Å². The Morgan fingerprint density at radius 2 is 1.65 bits per heavy atom. The van der Waals surface area contributed by atoms with Gasteiger partial charge in [0, 0.05) is 12.3 Å². The molecule has 0 saturated carbocycles. The summed E-state index contributed by atoms with van der Waals surface area (Å²) < 4.78 is 11.9. The summed E-state index contributed by atoms with van der Waals surface area (Å²) in [6.07, 6.45) is 2.70. The lowest BCUT2D eigenvalue weighted by atomic mass is 10.1. The number of hydrogen-bond donors (Lipinski definition) is 2. The third-order valence-corrected chi connectivity index (χ3v) is 7.09. The molecule has 0 aromatic heterocycles. The first-order chi connectivity index (χ1) is 16.6. The van der Waals surface area contributed by atoms with E-state index in [1.54, 1.807) is 36.0 Å². The number of hydrogen-bond acceptors (Lipinski definition) is 6. The molecule has 0 bridgehead atoms. The average Bonchev–Trinajstić information content (AvgIpc) is 3.38. The zero-order valence-corrected chi connectivity index (χ0v) is 20.5. The summed E-state index contributed by atoms with van der Waals surface area (Å²) in [5.74, 6) is 2.31. The van der Waals surface area contributed by atoms with Crippen LogP contribution in [-0.2, 0) is 11.3 Å². The zero-order chi connectivity index (χ0) is 23.8. The van der Waals surface area contributed by atoms with Crippen molar-refractivity contribution in [2.24, 2.45) is 0 Å². The zero-order valence-electron chi connectivity index (χ0n) is 19.7. The summed E-state index contributed by atoms with van der Waals surface area (Å²) in [5.41, 5.74) is 3.55. The van der Waals surface area contributed by atoms with Crippen molar-refractivity contribution in [2.75, 3.05) is 32.0 Å². The number of aromatic hydroxyl groups is 2. The Morgan fingerprint density at radius 1 is 0.941 bits per heavy atom. The van der Waals surface area contributed by atoms with E-state index in [0.717, 1.165) is 29.5 Å². The lowest BCUT2D eigenvalue weighted by Gasteiger charge is -2.26.